The van der Waals surface area contributed by atoms with E-state index in [4.69, 9.17) is 10.5 Å². The molecular formula is C9H11ClINO. The molecule has 1 aromatic rings. The Bertz CT molecular complexity index is 284. The van der Waals surface area contributed by atoms with Crippen LogP contribution in [0.1, 0.15) is 5.56 Å². The van der Waals surface area contributed by atoms with Crippen molar-refractivity contribution in [1.29, 1.82) is 0 Å². The smallest absolute Gasteiger partial charge is 0.0883 e. The average Bonchev–Trinajstić information content (AvgIpc) is 2.02. The van der Waals surface area contributed by atoms with Gasteiger partial charge < -0.3 is 10.5 Å². The van der Waals surface area contributed by atoms with Crippen LogP contribution in [-0.4, -0.2) is 13.2 Å². The molecule has 0 aromatic heterocycles. The number of halogens is 2. The number of benzene rings is 1. The predicted molar refractivity (Wildman–Crippen MR) is 63.1 cm³/mol. The van der Waals surface area contributed by atoms with Crippen molar-refractivity contribution in [2.75, 3.05) is 13.2 Å². The quantitative estimate of drug-likeness (QED) is 0.804. The summed E-state index contributed by atoms with van der Waals surface area (Å²) in [6.45, 7) is 1.29. The molecule has 2 N–H and O–H groups in total. The van der Waals surface area contributed by atoms with Crippen molar-refractivity contribution < 1.29 is 4.74 Å². The van der Waals surface area contributed by atoms with E-state index in [2.05, 4.69) is 46.9 Å². The molecule has 1 saturated heterocycles. The van der Waals surface area contributed by atoms with Gasteiger partial charge >= 0.3 is 0 Å². The molecule has 2 rings (SSSR count). The topological polar surface area (TPSA) is 35.2 Å². The van der Waals surface area contributed by atoms with Crippen molar-refractivity contribution in [3.63, 3.8) is 0 Å². The second-order valence-corrected chi connectivity index (χ2v) is 4.40. The summed E-state index contributed by atoms with van der Waals surface area (Å²) in [6.07, 6.45) is 0. The Labute approximate surface area is 97.4 Å². The second-order valence-electron chi connectivity index (χ2n) is 3.16. The van der Waals surface area contributed by atoms with Crippen molar-refractivity contribution in [3.8, 4) is 0 Å². The maximum absolute atomic E-state index is 6.05. The van der Waals surface area contributed by atoms with E-state index < -0.39 is 0 Å². The van der Waals surface area contributed by atoms with Crippen LogP contribution >= 0.6 is 35.0 Å². The minimum atomic E-state index is -0.218. The molecule has 0 aliphatic carbocycles. The zero-order valence-electron chi connectivity index (χ0n) is 7.00. The molecule has 72 valence electrons. The molecule has 2 nitrogen and oxygen atoms in total. The number of hydrogen-bond acceptors (Lipinski definition) is 2. The van der Waals surface area contributed by atoms with Crippen LogP contribution in [0.4, 0.5) is 0 Å². The molecule has 1 aromatic carbocycles. The minimum Gasteiger partial charge on any atom is -0.377 e. The van der Waals surface area contributed by atoms with Crippen molar-refractivity contribution in [2.45, 2.75) is 5.54 Å². The normalized spacial score (nSPS) is 18.6. The third-order valence-electron chi connectivity index (χ3n) is 2.14. The summed E-state index contributed by atoms with van der Waals surface area (Å²) in [5, 5.41) is 0. The van der Waals surface area contributed by atoms with Crippen LogP contribution in [-0.2, 0) is 10.3 Å². The average molecular weight is 312 g/mol. The van der Waals surface area contributed by atoms with Gasteiger partial charge in [-0.2, -0.15) is 0 Å². The molecular weight excluding hydrogens is 300 g/mol. The van der Waals surface area contributed by atoms with E-state index >= 15 is 0 Å². The van der Waals surface area contributed by atoms with Gasteiger partial charge in [0.2, 0.25) is 0 Å². The van der Waals surface area contributed by atoms with E-state index in [-0.39, 0.29) is 17.9 Å². The number of rotatable bonds is 1. The Hall–Kier alpha value is 0.160. The molecule has 0 atom stereocenters. The van der Waals surface area contributed by atoms with Gasteiger partial charge in [0.25, 0.3) is 0 Å². The molecule has 0 amide bonds. The molecule has 1 heterocycles. The van der Waals surface area contributed by atoms with E-state index in [1.807, 2.05) is 0 Å². The Morgan fingerprint density at radius 3 is 2.15 bits per heavy atom. The summed E-state index contributed by atoms with van der Waals surface area (Å²) in [6, 6.07) is 8.29. The molecule has 13 heavy (non-hydrogen) atoms. The van der Waals surface area contributed by atoms with Crippen LogP contribution in [0.3, 0.4) is 0 Å². The van der Waals surface area contributed by atoms with Gasteiger partial charge in [0.1, 0.15) is 0 Å². The fraction of sp³-hybridized carbons (Fsp3) is 0.333. The highest BCUT2D eigenvalue weighted by molar-refractivity contribution is 14.1. The molecule has 4 heteroatoms. The highest BCUT2D eigenvalue weighted by Crippen LogP contribution is 2.26. The van der Waals surface area contributed by atoms with Crippen LogP contribution in [0.15, 0.2) is 24.3 Å². The first-order valence-corrected chi connectivity index (χ1v) is 4.91. The van der Waals surface area contributed by atoms with Crippen LogP contribution < -0.4 is 5.73 Å². The highest BCUT2D eigenvalue weighted by Gasteiger charge is 2.35. The van der Waals surface area contributed by atoms with Crippen molar-refractivity contribution in [2.24, 2.45) is 5.73 Å². The summed E-state index contributed by atoms with van der Waals surface area (Å²) in [5.41, 5.74) is 7.00. The maximum atomic E-state index is 6.05. The third-order valence-corrected chi connectivity index (χ3v) is 2.86. The summed E-state index contributed by atoms with van der Waals surface area (Å²) < 4.78 is 6.33. The van der Waals surface area contributed by atoms with E-state index in [0.29, 0.717) is 13.2 Å². The molecule has 1 aliphatic heterocycles. The third kappa shape index (κ3) is 2.15. The summed E-state index contributed by atoms with van der Waals surface area (Å²) in [4.78, 5) is 0. The lowest BCUT2D eigenvalue weighted by Gasteiger charge is -2.38. The molecule has 0 bridgehead atoms. The van der Waals surface area contributed by atoms with E-state index in [0.717, 1.165) is 0 Å². The lowest BCUT2D eigenvalue weighted by Crippen LogP contribution is -2.54. The molecule has 1 aliphatic rings. The molecule has 0 unspecified atom stereocenters. The molecule has 0 radical (unpaired) electrons. The summed E-state index contributed by atoms with van der Waals surface area (Å²) in [5.74, 6) is 0. The van der Waals surface area contributed by atoms with Crippen molar-refractivity contribution in [1.82, 2.24) is 0 Å². The Morgan fingerprint density at radius 2 is 1.77 bits per heavy atom. The zero-order valence-corrected chi connectivity index (χ0v) is 9.97. The minimum absolute atomic E-state index is 0. The van der Waals surface area contributed by atoms with Gasteiger partial charge in [-0.05, 0) is 40.3 Å². The fourth-order valence-corrected chi connectivity index (χ4v) is 1.63. The first-order valence-electron chi connectivity index (χ1n) is 3.83. The number of ether oxygens (including phenoxy) is 1. The zero-order chi connectivity index (χ0) is 8.60. The first kappa shape index (κ1) is 11.2. The lowest BCUT2D eigenvalue weighted by molar-refractivity contribution is -0.0569. The summed E-state index contributed by atoms with van der Waals surface area (Å²) >= 11 is 2.28. The molecule has 0 spiro atoms. The monoisotopic (exact) mass is 311 g/mol. The second kappa shape index (κ2) is 4.13. The lowest BCUT2D eigenvalue weighted by atomic mass is 9.89. The van der Waals surface area contributed by atoms with Crippen molar-refractivity contribution in [3.05, 3.63) is 33.4 Å². The first-order chi connectivity index (χ1) is 5.71. The molecule has 1 fully saturated rings. The van der Waals surface area contributed by atoms with Crippen molar-refractivity contribution >= 4 is 35.0 Å². The predicted octanol–water partition coefficient (Wildman–Crippen LogP) is 1.90. The van der Waals surface area contributed by atoms with Gasteiger partial charge in [0, 0.05) is 3.57 Å². The van der Waals surface area contributed by atoms with E-state index in [9.17, 15) is 0 Å². The van der Waals surface area contributed by atoms with E-state index in [1.54, 1.807) is 0 Å². The van der Waals surface area contributed by atoms with E-state index in [1.165, 1.54) is 9.13 Å². The largest absolute Gasteiger partial charge is 0.377 e. The highest BCUT2D eigenvalue weighted by atomic mass is 127. The Morgan fingerprint density at radius 1 is 1.23 bits per heavy atom. The number of hydrogen-bond donors (Lipinski definition) is 1. The van der Waals surface area contributed by atoms with Gasteiger partial charge in [-0.15, -0.1) is 12.4 Å². The van der Waals surface area contributed by atoms with Crippen LogP contribution in [0, 0.1) is 3.57 Å². The Kier molecular flexibility index (Phi) is 3.57. The standard InChI is InChI=1S/C9H10INO.ClH/c10-8-3-1-7(2-4-8)9(11)5-12-6-9;/h1-4H,5-6,11H2;1H. The van der Waals surface area contributed by atoms with Gasteiger partial charge in [-0.3, -0.25) is 0 Å². The summed E-state index contributed by atoms with van der Waals surface area (Å²) in [7, 11) is 0. The van der Waals surface area contributed by atoms with Gasteiger partial charge in [0.05, 0.1) is 18.8 Å². The van der Waals surface area contributed by atoms with Gasteiger partial charge in [-0.25, -0.2) is 0 Å². The Balaban J connectivity index is 0.000000845. The molecule has 0 saturated carbocycles. The van der Waals surface area contributed by atoms with Gasteiger partial charge in [0.15, 0.2) is 0 Å². The SMILES string of the molecule is Cl.NC1(c2ccc(I)cc2)COC1. The maximum Gasteiger partial charge on any atom is 0.0883 e. The van der Waals surface area contributed by atoms with Gasteiger partial charge in [-0.1, -0.05) is 12.1 Å². The van der Waals surface area contributed by atoms with Crippen LogP contribution in [0.2, 0.25) is 0 Å². The van der Waals surface area contributed by atoms with Crippen LogP contribution in [0.25, 0.3) is 0 Å². The fourth-order valence-electron chi connectivity index (χ4n) is 1.27. The van der Waals surface area contributed by atoms with Crippen LogP contribution in [0.5, 0.6) is 0 Å². The number of nitrogens with two attached hydrogens (primary N) is 1.